The molecule has 2 fully saturated rings. The van der Waals surface area contributed by atoms with Gasteiger partial charge in [0.15, 0.2) is 0 Å². The van der Waals surface area contributed by atoms with Crippen LogP contribution in [0.3, 0.4) is 0 Å². The summed E-state index contributed by atoms with van der Waals surface area (Å²) in [6.45, 7) is 1.73. The second-order valence-electron chi connectivity index (χ2n) is 4.59. The molecule has 84 valence electrons. The molecule has 0 unspecified atom stereocenters. The van der Waals surface area contributed by atoms with E-state index >= 15 is 0 Å². The Morgan fingerprint density at radius 2 is 1.73 bits per heavy atom. The minimum atomic E-state index is 0.0265. The highest BCUT2D eigenvalue weighted by Gasteiger charge is 2.19. The fraction of sp³-hybridized carbons (Fsp3) is 0.833. The summed E-state index contributed by atoms with van der Waals surface area (Å²) >= 11 is 0. The lowest BCUT2D eigenvalue weighted by molar-refractivity contribution is 0.136. The lowest BCUT2D eigenvalue weighted by atomic mass is 9.82. The Morgan fingerprint density at radius 3 is 2.47 bits per heavy atom. The van der Waals surface area contributed by atoms with Crippen LogP contribution in [0.1, 0.15) is 38.5 Å². The molecule has 0 atom stereocenters. The third-order valence-corrected chi connectivity index (χ3v) is 3.28. The van der Waals surface area contributed by atoms with Crippen molar-refractivity contribution >= 4 is 7.12 Å². The molecular formula is C12H21BO2. The van der Waals surface area contributed by atoms with Gasteiger partial charge in [0, 0.05) is 19.5 Å². The van der Waals surface area contributed by atoms with Crippen LogP contribution in [0.4, 0.5) is 0 Å². The van der Waals surface area contributed by atoms with Gasteiger partial charge >= 0.3 is 7.12 Å². The Labute approximate surface area is 93.2 Å². The molecule has 1 saturated carbocycles. The first-order chi connectivity index (χ1) is 7.45. The predicted molar refractivity (Wildman–Crippen MR) is 62.8 cm³/mol. The van der Waals surface area contributed by atoms with E-state index in [0.717, 1.165) is 31.9 Å². The number of rotatable bonds is 3. The standard InChI is InChI=1S/C12H21BO2/c1-2-6-12(7-3-1)8-4-9-13-14-10-5-11-15-13/h4,8,12H,1-3,5-7,9-11H2/b8-4+. The topological polar surface area (TPSA) is 18.5 Å². The molecule has 0 aromatic carbocycles. The summed E-state index contributed by atoms with van der Waals surface area (Å²) in [5.41, 5.74) is 0. The predicted octanol–water partition coefficient (Wildman–Crippen LogP) is 3.05. The van der Waals surface area contributed by atoms with Gasteiger partial charge in [-0.05, 0) is 25.2 Å². The molecule has 0 spiro atoms. The van der Waals surface area contributed by atoms with Crippen LogP contribution in [0.15, 0.2) is 12.2 Å². The van der Waals surface area contributed by atoms with Gasteiger partial charge in [0.1, 0.15) is 0 Å². The molecular weight excluding hydrogens is 187 g/mol. The van der Waals surface area contributed by atoms with Gasteiger partial charge in [-0.3, -0.25) is 0 Å². The normalized spacial score (nSPS) is 24.9. The zero-order valence-electron chi connectivity index (χ0n) is 9.49. The van der Waals surface area contributed by atoms with Crippen molar-refractivity contribution in [2.24, 2.45) is 5.92 Å². The van der Waals surface area contributed by atoms with Gasteiger partial charge in [-0.15, -0.1) is 0 Å². The van der Waals surface area contributed by atoms with Gasteiger partial charge in [0.25, 0.3) is 0 Å². The van der Waals surface area contributed by atoms with Crippen molar-refractivity contribution in [1.29, 1.82) is 0 Å². The Kier molecular flexibility index (Phi) is 4.74. The van der Waals surface area contributed by atoms with E-state index in [1.165, 1.54) is 32.1 Å². The van der Waals surface area contributed by atoms with Crippen molar-refractivity contribution < 1.29 is 9.31 Å². The molecule has 0 aromatic heterocycles. The molecule has 2 aliphatic rings. The smallest absolute Gasteiger partial charge is 0.411 e. The van der Waals surface area contributed by atoms with E-state index in [-0.39, 0.29) is 7.12 Å². The summed E-state index contributed by atoms with van der Waals surface area (Å²) in [5, 5.41) is 0. The largest absolute Gasteiger partial charge is 0.460 e. The highest BCUT2D eigenvalue weighted by atomic mass is 16.6. The minimum absolute atomic E-state index is 0.0265. The van der Waals surface area contributed by atoms with E-state index in [1.54, 1.807) is 0 Å². The number of hydrogen-bond acceptors (Lipinski definition) is 2. The first kappa shape index (κ1) is 11.2. The fourth-order valence-electron chi connectivity index (χ4n) is 2.38. The van der Waals surface area contributed by atoms with Crippen molar-refractivity contribution in [3.63, 3.8) is 0 Å². The average Bonchev–Trinajstić information content (AvgIpc) is 2.32. The number of allylic oxidation sites excluding steroid dienone is 2. The summed E-state index contributed by atoms with van der Waals surface area (Å²) in [5.74, 6) is 0.822. The molecule has 15 heavy (non-hydrogen) atoms. The van der Waals surface area contributed by atoms with E-state index in [4.69, 9.17) is 9.31 Å². The first-order valence-electron chi connectivity index (χ1n) is 6.35. The third-order valence-electron chi connectivity index (χ3n) is 3.28. The summed E-state index contributed by atoms with van der Waals surface area (Å²) < 4.78 is 11.0. The van der Waals surface area contributed by atoms with Crippen molar-refractivity contribution in [3.05, 3.63) is 12.2 Å². The van der Waals surface area contributed by atoms with Crippen molar-refractivity contribution in [1.82, 2.24) is 0 Å². The van der Waals surface area contributed by atoms with Crippen LogP contribution in [0.2, 0.25) is 6.32 Å². The maximum Gasteiger partial charge on any atom is 0.460 e. The zero-order chi connectivity index (χ0) is 10.3. The van der Waals surface area contributed by atoms with Gasteiger partial charge in [-0.2, -0.15) is 0 Å². The van der Waals surface area contributed by atoms with E-state index in [0.29, 0.717) is 0 Å². The molecule has 2 rings (SSSR count). The minimum Gasteiger partial charge on any atom is -0.411 e. The summed E-state index contributed by atoms with van der Waals surface area (Å²) in [4.78, 5) is 0. The molecule has 0 N–H and O–H groups in total. The van der Waals surface area contributed by atoms with Gasteiger partial charge in [-0.1, -0.05) is 31.4 Å². The summed E-state index contributed by atoms with van der Waals surface area (Å²) in [6, 6.07) is 0. The maximum absolute atomic E-state index is 5.49. The Bertz CT molecular complexity index is 194. The molecule has 3 heteroatoms. The fourth-order valence-corrected chi connectivity index (χ4v) is 2.38. The molecule has 0 radical (unpaired) electrons. The quantitative estimate of drug-likeness (QED) is 0.524. The molecule has 0 aromatic rings. The van der Waals surface area contributed by atoms with Crippen LogP contribution < -0.4 is 0 Å². The van der Waals surface area contributed by atoms with E-state index in [2.05, 4.69) is 12.2 Å². The van der Waals surface area contributed by atoms with E-state index in [1.807, 2.05) is 0 Å². The van der Waals surface area contributed by atoms with Crippen LogP contribution in [0, 0.1) is 5.92 Å². The van der Waals surface area contributed by atoms with Crippen molar-refractivity contribution in [2.45, 2.75) is 44.8 Å². The Morgan fingerprint density at radius 1 is 1.00 bits per heavy atom. The lowest BCUT2D eigenvalue weighted by Crippen LogP contribution is -2.28. The highest BCUT2D eigenvalue weighted by molar-refractivity contribution is 6.45. The van der Waals surface area contributed by atoms with Crippen LogP contribution in [0.25, 0.3) is 0 Å². The highest BCUT2D eigenvalue weighted by Crippen LogP contribution is 2.24. The lowest BCUT2D eigenvalue weighted by Gasteiger charge is -2.20. The zero-order valence-corrected chi connectivity index (χ0v) is 9.49. The molecule has 1 aliphatic carbocycles. The summed E-state index contributed by atoms with van der Waals surface area (Å²) in [6.07, 6.45) is 13.6. The van der Waals surface area contributed by atoms with Crippen molar-refractivity contribution in [2.75, 3.05) is 13.2 Å². The first-order valence-corrected chi connectivity index (χ1v) is 6.35. The molecule has 2 nitrogen and oxygen atoms in total. The van der Waals surface area contributed by atoms with E-state index < -0.39 is 0 Å². The van der Waals surface area contributed by atoms with Gasteiger partial charge in [-0.25, -0.2) is 0 Å². The molecule has 1 aliphatic heterocycles. The number of hydrogen-bond donors (Lipinski definition) is 0. The molecule has 1 heterocycles. The molecule has 0 amide bonds. The van der Waals surface area contributed by atoms with Gasteiger partial charge < -0.3 is 9.31 Å². The van der Waals surface area contributed by atoms with Gasteiger partial charge in [0.05, 0.1) is 0 Å². The second kappa shape index (κ2) is 6.34. The monoisotopic (exact) mass is 208 g/mol. The van der Waals surface area contributed by atoms with E-state index in [9.17, 15) is 0 Å². The summed E-state index contributed by atoms with van der Waals surface area (Å²) in [7, 11) is 0.0265. The maximum atomic E-state index is 5.49. The van der Waals surface area contributed by atoms with Crippen LogP contribution in [0.5, 0.6) is 0 Å². The SMILES string of the molecule is C(=C\C1CCCCC1)/CB1OCCCO1. The third kappa shape index (κ3) is 4.00. The molecule has 1 saturated heterocycles. The van der Waals surface area contributed by atoms with Crippen LogP contribution in [-0.2, 0) is 9.31 Å². The Hall–Kier alpha value is -0.275. The van der Waals surface area contributed by atoms with Gasteiger partial charge in [0.2, 0.25) is 0 Å². The second-order valence-corrected chi connectivity index (χ2v) is 4.59. The van der Waals surface area contributed by atoms with Crippen molar-refractivity contribution in [3.8, 4) is 0 Å². The van der Waals surface area contributed by atoms with Crippen LogP contribution in [-0.4, -0.2) is 20.3 Å². The van der Waals surface area contributed by atoms with Crippen LogP contribution >= 0.6 is 0 Å². The average molecular weight is 208 g/mol. The molecule has 0 bridgehead atoms. The Balaban J connectivity index is 1.64.